The van der Waals surface area contributed by atoms with Gasteiger partial charge >= 0.3 is 0 Å². The van der Waals surface area contributed by atoms with Crippen molar-refractivity contribution in [2.45, 2.75) is 26.2 Å². The quantitative estimate of drug-likeness (QED) is 0.249. The monoisotopic (exact) mass is 468 g/mol. The normalized spacial score (nSPS) is 10.0. The summed E-state index contributed by atoms with van der Waals surface area (Å²) in [4.78, 5) is 0. The Bertz CT molecular complexity index is 964. The highest BCUT2D eigenvalue weighted by Crippen LogP contribution is 2.03. The van der Waals surface area contributed by atoms with Crippen molar-refractivity contribution in [2.75, 3.05) is 0 Å². The standard InChI is InChI=1S/C22H22F2N4.2ClH.H2O/c23-21-5-1-19(2-6-21)15-27-13-11-25(17-27)9-10-26-12-14-28(18-26)16-20-3-7-22(24)8-4-20;;;/h1-8,11-14,17-18H,9-10,15-16H2;2*1H;1H2/q+2;;;/p-2. The van der Waals surface area contributed by atoms with E-state index in [0.29, 0.717) is 13.1 Å². The van der Waals surface area contributed by atoms with E-state index in [4.69, 9.17) is 0 Å². The van der Waals surface area contributed by atoms with Crippen molar-refractivity contribution in [3.8, 4) is 0 Å². The predicted octanol–water partition coefficient (Wildman–Crippen LogP) is -3.88. The topological polar surface area (TPSA) is 49.1 Å². The molecule has 0 saturated carbocycles. The van der Waals surface area contributed by atoms with Gasteiger partial charge in [0.05, 0.1) is 0 Å². The van der Waals surface area contributed by atoms with Crippen LogP contribution in [0.3, 0.4) is 0 Å². The molecule has 0 bridgehead atoms. The minimum atomic E-state index is -0.213. The Morgan fingerprint density at radius 1 is 0.613 bits per heavy atom. The number of imidazole rings is 2. The lowest BCUT2D eigenvalue weighted by molar-refractivity contribution is -0.688. The van der Waals surface area contributed by atoms with E-state index in [-0.39, 0.29) is 41.9 Å². The molecule has 0 fully saturated rings. The van der Waals surface area contributed by atoms with Crippen LogP contribution in [0.15, 0.2) is 86.0 Å². The molecule has 166 valence electrons. The fourth-order valence-electron chi connectivity index (χ4n) is 3.16. The van der Waals surface area contributed by atoms with Gasteiger partial charge in [0.15, 0.2) is 0 Å². The van der Waals surface area contributed by atoms with Crippen LogP contribution in [0.5, 0.6) is 0 Å². The zero-order chi connectivity index (χ0) is 19.3. The van der Waals surface area contributed by atoms with Gasteiger partial charge in [-0.05, 0) is 35.4 Å². The lowest BCUT2D eigenvalue weighted by Gasteiger charge is -1.98. The van der Waals surface area contributed by atoms with Gasteiger partial charge in [-0.15, -0.1) is 0 Å². The van der Waals surface area contributed by atoms with Crippen molar-refractivity contribution in [1.82, 2.24) is 9.13 Å². The van der Waals surface area contributed by atoms with Crippen molar-refractivity contribution in [2.24, 2.45) is 0 Å². The molecule has 0 aliphatic heterocycles. The molecule has 31 heavy (non-hydrogen) atoms. The number of aromatic nitrogens is 4. The van der Waals surface area contributed by atoms with Crippen molar-refractivity contribution >= 4 is 0 Å². The summed E-state index contributed by atoms with van der Waals surface area (Å²) in [6, 6.07) is 13.2. The largest absolute Gasteiger partial charge is 1.00 e. The fourth-order valence-corrected chi connectivity index (χ4v) is 3.16. The molecule has 9 heteroatoms. The third-order valence-corrected chi connectivity index (χ3v) is 4.67. The molecule has 4 rings (SSSR count). The van der Waals surface area contributed by atoms with E-state index >= 15 is 0 Å². The Kier molecular flexibility index (Phi) is 10.3. The molecule has 4 aromatic rings. The smallest absolute Gasteiger partial charge is 0.244 e. The molecule has 2 aromatic carbocycles. The van der Waals surface area contributed by atoms with Crippen LogP contribution in [-0.2, 0) is 26.2 Å². The molecule has 0 amide bonds. The zero-order valence-electron chi connectivity index (χ0n) is 16.7. The van der Waals surface area contributed by atoms with Gasteiger partial charge in [-0.25, -0.2) is 27.0 Å². The van der Waals surface area contributed by atoms with Crippen LogP contribution < -0.4 is 33.9 Å². The van der Waals surface area contributed by atoms with E-state index < -0.39 is 0 Å². The Balaban J connectivity index is 0.00000160. The third-order valence-electron chi connectivity index (χ3n) is 4.67. The lowest BCUT2D eigenvalue weighted by atomic mass is 10.2. The Morgan fingerprint density at radius 2 is 0.968 bits per heavy atom. The number of nitrogens with zero attached hydrogens (tertiary/aromatic N) is 4. The number of halogens is 4. The van der Waals surface area contributed by atoms with Crippen molar-refractivity contribution < 1.29 is 48.2 Å². The first kappa shape index (κ1) is 26.3. The second-order valence-corrected chi connectivity index (χ2v) is 6.90. The zero-order valence-corrected chi connectivity index (χ0v) is 18.2. The van der Waals surface area contributed by atoms with Gasteiger partial charge in [-0.1, -0.05) is 24.3 Å². The molecule has 2 N–H and O–H groups in total. The molecule has 0 atom stereocenters. The van der Waals surface area contributed by atoms with E-state index in [1.54, 1.807) is 24.3 Å². The van der Waals surface area contributed by atoms with Gasteiger partial charge in [0.1, 0.15) is 62.6 Å². The molecule has 2 heterocycles. The van der Waals surface area contributed by atoms with Crippen LogP contribution in [0.4, 0.5) is 8.78 Å². The number of benzene rings is 2. The minimum Gasteiger partial charge on any atom is -1.00 e. The first-order chi connectivity index (χ1) is 13.6. The van der Waals surface area contributed by atoms with Crippen LogP contribution in [0.2, 0.25) is 0 Å². The number of rotatable bonds is 7. The second-order valence-electron chi connectivity index (χ2n) is 6.90. The maximum Gasteiger partial charge on any atom is 0.244 e. The molecule has 0 aliphatic carbocycles. The summed E-state index contributed by atoms with van der Waals surface area (Å²) in [5.41, 5.74) is 2.13. The number of hydrogen-bond donors (Lipinski definition) is 0. The maximum absolute atomic E-state index is 13.0. The van der Waals surface area contributed by atoms with Crippen LogP contribution >= 0.6 is 0 Å². The first-order valence-electron chi connectivity index (χ1n) is 9.22. The Hall–Kier alpha value is -2.74. The summed E-state index contributed by atoms with van der Waals surface area (Å²) < 4.78 is 34.4. The van der Waals surface area contributed by atoms with E-state index in [1.165, 1.54) is 24.3 Å². The van der Waals surface area contributed by atoms with Gasteiger partial charge in [0, 0.05) is 0 Å². The molecule has 2 aromatic heterocycles. The molecule has 0 radical (unpaired) electrons. The average Bonchev–Trinajstić information content (AvgIpc) is 3.33. The molecule has 0 saturated heterocycles. The van der Waals surface area contributed by atoms with Crippen LogP contribution in [-0.4, -0.2) is 14.6 Å². The Morgan fingerprint density at radius 3 is 1.32 bits per heavy atom. The lowest BCUT2D eigenvalue weighted by Crippen LogP contribution is -3.00. The Labute approximate surface area is 192 Å². The van der Waals surface area contributed by atoms with Crippen molar-refractivity contribution in [3.05, 3.63) is 109 Å². The molecular weight excluding hydrogens is 445 g/mol. The minimum absolute atomic E-state index is 0. The van der Waals surface area contributed by atoms with Gasteiger partial charge in [0.25, 0.3) is 0 Å². The van der Waals surface area contributed by atoms with Crippen LogP contribution in [0.25, 0.3) is 0 Å². The van der Waals surface area contributed by atoms with Crippen molar-refractivity contribution in [3.63, 3.8) is 0 Å². The summed E-state index contributed by atoms with van der Waals surface area (Å²) in [6.45, 7) is 3.13. The van der Waals surface area contributed by atoms with Gasteiger partial charge in [-0.2, -0.15) is 0 Å². The summed E-state index contributed by atoms with van der Waals surface area (Å²) in [7, 11) is 0. The third kappa shape index (κ3) is 7.47. The summed E-state index contributed by atoms with van der Waals surface area (Å²) >= 11 is 0. The summed E-state index contributed by atoms with van der Waals surface area (Å²) in [5.74, 6) is -0.426. The van der Waals surface area contributed by atoms with Crippen molar-refractivity contribution in [1.29, 1.82) is 0 Å². The highest BCUT2D eigenvalue weighted by Gasteiger charge is 2.09. The average molecular weight is 469 g/mol. The second kappa shape index (κ2) is 12.2. The first-order valence-corrected chi connectivity index (χ1v) is 9.22. The summed E-state index contributed by atoms with van der Waals surface area (Å²) in [5, 5.41) is 0. The SMILES string of the molecule is Fc1ccc(C[n+]2ccn(CCn3cc[n+](Cc4ccc(F)cc4)c3)c2)cc1.O.[Cl-].[Cl-]. The van der Waals surface area contributed by atoms with E-state index in [9.17, 15) is 8.78 Å². The van der Waals surface area contributed by atoms with Crippen LogP contribution in [0, 0.1) is 11.6 Å². The predicted molar refractivity (Wildman–Crippen MR) is 104 cm³/mol. The van der Waals surface area contributed by atoms with E-state index in [2.05, 4.69) is 30.9 Å². The van der Waals surface area contributed by atoms with Crippen LogP contribution in [0.1, 0.15) is 11.1 Å². The van der Waals surface area contributed by atoms with Gasteiger partial charge in [-0.3, -0.25) is 0 Å². The molecule has 0 unspecified atom stereocenters. The van der Waals surface area contributed by atoms with Gasteiger partial charge < -0.3 is 30.3 Å². The molecule has 5 nitrogen and oxygen atoms in total. The van der Waals surface area contributed by atoms with E-state index in [0.717, 1.165) is 24.2 Å². The maximum atomic E-state index is 13.0. The molecule has 0 aliphatic rings. The highest BCUT2D eigenvalue weighted by atomic mass is 35.5. The van der Waals surface area contributed by atoms with Gasteiger partial charge in [0.2, 0.25) is 12.7 Å². The summed E-state index contributed by atoms with van der Waals surface area (Å²) in [6.07, 6.45) is 12.2. The molecule has 0 spiro atoms. The fraction of sp³-hybridized carbons (Fsp3) is 0.182. The number of hydrogen-bond acceptors (Lipinski definition) is 0. The molecular formula is C22H24Cl2F2N4O. The van der Waals surface area contributed by atoms with E-state index in [1.807, 2.05) is 24.8 Å². The number of aryl methyl sites for hydroxylation is 2. The highest BCUT2D eigenvalue weighted by molar-refractivity contribution is 5.15.